The van der Waals surface area contributed by atoms with Gasteiger partial charge in [-0.05, 0) is 37.3 Å². The number of H-pyrrole nitrogens is 1. The van der Waals surface area contributed by atoms with Crippen molar-refractivity contribution < 1.29 is 14.3 Å². The summed E-state index contributed by atoms with van der Waals surface area (Å²) in [6.07, 6.45) is 0.945. The molecule has 1 heterocycles. The SMILES string of the molecule is C[C@@H](Oc1ccccc1C(=O)Nc1ccccc1)C(=O)c1c[nH]c2ccccc12. The maximum absolute atomic E-state index is 13.0. The van der Waals surface area contributed by atoms with Crippen LogP contribution in [0.4, 0.5) is 5.69 Å². The van der Waals surface area contributed by atoms with Crippen LogP contribution in [0, 0.1) is 0 Å². The number of amides is 1. The molecule has 0 spiro atoms. The maximum Gasteiger partial charge on any atom is 0.259 e. The van der Waals surface area contributed by atoms with Crippen molar-refractivity contribution in [3.63, 3.8) is 0 Å². The Hall–Kier alpha value is -3.86. The van der Waals surface area contributed by atoms with Gasteiger partial charge in [0.25, 0.3) is 5.91 Å². The predicted octanol–water partition coefficient (Wildman–Crippen LogP) is 5.07. The van der Waals surface area contributed by atoms with Crippen LogP contribution in [-0.4, -0.2) is 22.8 Å². The van der Waals surface area contributed by atoms with Gasteiger partial charge in [0.15, 0.2) is 6.10 Å². The van der Waals surface area contributed by atoms with E-state index in [2.05, 4.69) is 10.3 Å². The third kappa shape index (κ3) is 3.89. The summed E-state index contributed by atoms with van der Waals surface area (Å²) in [6.45, 7) is 1.69. The van der Waals surface area contributed by atoms with Crippen molar-refractivity contribution in [3.05, 3.63) is 96.2 Å². The van der Waals surface area contributed by atoms with Crippen molar-refractivity contribution >= 4 is 28.3 Å². The molecule has 4 aromatic rings. The molecule has 0 bridgehead atoms. The number of carbonyl (C=O) groups excluding carboxylic acids is 2. The van der Waals surface area contributed by atoms with Crippen LogP contribution in [0.2, 0.25) is 0 Å². The van der Waals surface area contributed by atoms with Gasteiger partial charge in [-0.25, -0.2) is 0 Å². The Kier molecular flexibility index (Phi) is 5.12. The van der Waals surface area contributed by atoms with E-state index < -0.39 is 6.10 Å². The first-order chi connectivity index (χ1) is 14.1. The molecule has 4 rings (SSSR count). The van der Waals surface area contributed by atoms with E-state index in [0.29, 0.717) is 22.6 Å². The van der Waals surface area contributed by atoms with Gasteiger partial charge in [0, 0.05) is 28.4 Å². The topological polar surface area (TPSA) is 71.2 Å². The normalized spacial score (nSPS) is 11.8. The highest BCUT2D eigenvalue weighted by atomic mass is 16.5. The molecule has 0 unspecified atom stereocenters. The van der Waals surface area contributed by atoms with E-state index in [0.717, 1.165) is 10.9 Å². The molecule has 144 valence electrons. The van der Waals surface area contributed by atoms with Crippen molar-refractivity contribution in [1.29, 1.82) is 0 Å². The first-order valence-corrected chi connectivity index (χ1v) is 9.36. The van der Waals surface area contributed by atoms with E-state index in [-0.39, 0.29) is 11.7 Å². The molecule has 0 aliphatic carbocycles. The van der Waals surface area contributed by atoms with Crippen LogP contribution in [0.25, 0.3) is 10.9 Å². The monoisotopic (exact) mass is 384 g/mol. The van der Waals surface area contributed by atoms with E-state index in [9.17, 15) is 9.59 Å². The molecule has 0 aliphatic heterocycles. The number of ketones is 1. The fraction of sp³-hybridized carbons (Fsp3) is 0.0833. The second-order valence-corrected chi connectivity index (χ2v) is 6.69. The van der Waals surface area contributed by atoms with Crippen molar-refractivity contribution in [1.82, 2.24) is 4.98 Å². The summed E-state index contributed by atoms with van der Waals surface area (Å²) in [4.78, 5) is 28.8. The zero-order valence-corrected chi connectivity index (χ0v) is 15.9. The quantitative estimate of drug-likeness (QED) is 0.456. The Bertz CT molecular complexity index is 1160. The summed E-state index contributed by atoms with van der Waals surface area (Å²) >= 11 is 0. The number of aromatic amines is 1. The number of aromatic nitrogens is 1. The zero-order chi connectivity index (χ0) is 20.2. The fourth-order valence-electron chi connectivity index (χ4n) is 3.22. The van der Waals surface area contributed by atoms with Gasteiger partial charge in [-0.3, -0.25) is 9.59 Å². The predicted molar refractivity (Wildman–Crippen MR) is 114 cm³/mol. The molecular weight excluding hydrogens is 364 g/mol. The first kappa shape index (κ1) is 18.5. The highest BCUT2D eigenvalue weighted by molar-refractivity contribution is 6.10. The standard InChI is InChI=1S/C24H20N2O3/c1-16(23(27)20-15-25-21-13-7-5-11-18(20)21)29-22-14-8-6-12-19(22)24(28)26-17-9-3-2-4-10-17/h2-16,25H,1H3,(H,26,28)/t16-/m1/s1. The molecule has 0 saturated carbocycles. The van der Waals surface area contributed by atoms with Crippen LogP contribution in [0.1, 0.15) is 27.6 Å². The Morgan fingerprint density at radius 3 is 2.38 bits per heavy atom. The number of benzene rings is 3. The minimum Gasteiger partial charge on any atom is -0.482 e. The van der Waals surface area contributed by atoms with Crippen LogP contribution < -0.4 is 10.1 Å². The second kappa shape index (κ2) is 8.02. The average Bonchev–Trinajstić information content (AvgIpc) is 3.18. The average molecular weight is 384 g/mol. The summed E-state index contributed by atoms with van der Waals surface area (Å²) in [5.41, 5.74) is 2.52. The molecule has 5 heteroatoms. The summed E-state index contributed by atoms with van der Waals surface area (Å²) in [5.74, 6) is -0.0825. The molecule has 3 aromatic carbocycles. The Morgan fingerprint density at radius 1 is 0.862 bits per heavy atom. The minimum absolute atomic E-state index is 0.152. The van der Waals surface area contributed by atoms with Crippen LogP contribution in [0.3, 0.4) is 0 Å². The van der Waals surface area contributed by atoms with Crippen molar-refractivity contribution in [2.45, 2.75) is 13.0 Å². The number of carbonyl (C=O) groups is 2. The number of ether oxygens (including phenoxy) is 1. The van der Waals surface area contributed by atoms with Gasteiger partial charge in [-0.15, -0.1) is 0 Å². The van der Waals surface area contributed by atoms with Gasteiger partial charge in [-0.2, -0.15) is 0 Å². The van der Waals surface area contributed by atoms with Crippen LogP contribution >= 0.6 is 0 Å². The number of fused-ring (bicyclic) bond motifs is 1. The first-order valence-electron chi connectivity index (χ1n) is 9.36. The maximum atomic E-state index is 13.0. The lowest BCUT2D eigenvalue weighted by molar-refractivity contribution is 0.0813. The van der Waals surface area contributed by atoms with Gasteiger partial charge in [-0.1, -0.05) is 48.5 Å². The molecular formula is C24H20N2O3. The Morgan fingerprint density at radius 2 is 1.55 bits per heavy atom. The highest BCUT2D eigenvalue weighted by Gasteiger charge is 2.22. The van der Waals surface area contributed by atoms with Gasteiger partial charge in [0.1, 0.15) is 5.75 Å². The Labute approximate surface area is 168 Å². The lowest BCUT2D eigenvalue weighted by Gasteiger charge is -2.16. The third-order valence-electron chi connectivity index (χ3n) is 4.69. The van der Waals surface area contributed by atoms with Crippen LogP contribution in [0.5, 0.6) is 5.75 Å². The molecule has 5 nitrogen and oxygen atoms in total. The van der Waals surface area contributed by atoms with Gasteiger partial charge in [0.2, 0.25) is 5.78 Å². The third-order valence-corrected chi connectivity index (χ3v) is 4.69. The van der Waals surface area contributed by atoms with Gasteiger partial charge < -0.3 is 15.0 Å². The Balaban J connectivity index is 1.55. The largest absolute Gasteiger partial charge is 0.482 e. The smallest absolute Gasteiger partial charge is 0.259 e. The van der Waals surface area contributed by atoms with Gasteiger partial charge in [0.05, 0.1) is 5.56 Å². The van der Waals surface area contributed by atoms with E-state index in [1.165, 1.54) is 0 Å². The van der Waals surface area contributed by atoms with Crippen LogP contribution in [0.15, 0.2) is 85.1 Å². The van der Waals surface area contributed by atoms with Gasteiger partial charge >= 0.3 is 0 Å². The molecule has 0 aliphatic rings. The van der Waals surface area contributed by atoms with E-state index in [4.69, 9.17) is 4.74 Å². The lowest BCUT2D eigenvalue weighted by atomic mass is 10.1. The van der Waals surface area contributed by atoms with Crippen molar-refractivity contribution in [2.75, 3.05) is 5.32 Å². The number of hydrogen-bond donors (Lipinski definition) is 2. The number of nitrogens with one attached hydrogen (secondary N) is 2. The summed E-state index contributed by atoms with van der Waals surface area (Å²) in [5, 5.41) is 3.69. The van der Waals surface area contributed by atoms with E-state index in [1.54, 1.807) is 37.4 Å². The summed E-state index contributed by atoms with van der Waals surface area (Å²) < 4.78 is 5.91. The molecule has 29 heavy (non-hydrogen) atoms. The highest BCUT2D eigenvalue weighted by Crippen LogP contribution is 2.24. The number of rotatable bonds is 6. The fourth-order valence-corrected chi connectivity index (χ4v) is 3.22. The number of para-hydroxylation sites is 3. The van der Waals surface area contributed by atoms with Crippen LogP contribution in [-0.2, 0) is 0 Å². The lowest BCUT2D eigenvalue weighted by Crippen LogP contribution is -2.25. The molecule has 0 radical (unpaired) electrons. The number of hydrogen-bond acceptors (Lipinski definition) is 3. The second-order valence-electron chi connectivity index (χ2n) is 6.69. The molecule has 0 saturated heterocycles. The van der Waals surface area contributed by atoms with E-state index in [1.807, 2.05) is 54.6 Å². The molecule has 1 atom stereocenters. The van der Waals surface area contributed by atoms with Crippen molar-refractivity contribution in [3.8, 4) is 5.75 Å². The van der Waals surface area contributed by atoms with Crippen molar-refractivity contribution in [2.24, 2.45) is 0 Å². The number of Topliss-reactive ketones (excluding diaryl/α,β-unsaturated/α-hetero) is 1. The zero-order valence-electron chi connectivity index (χ0n) is 15.9. The number of anilines is 1. The molecule has 1 amide bonds. The molecule has 2 N–H and O–H groups in total. The summed E-state index contributed by atoms with van der Waals surface area (Å²) in [6, 6.07) is 23.7. The minimum atomic E-state index is -0.750. The molecule has 1 aromatic heterocycles. The molecule has 0 fully saturated rings. The summed E-state index contributed by atoms with van der Waals surface area (Å²) in [7, 11) is 0. The van der Waals surface area contributed by atoms with E-state index >= 15 is 0 Å².